The second kappa shape index (κ2) is 6.06. The Morgan fingerprint density at radius 3 is 2.64 bits per heavy atom. The standard InChI is InChI=1S/C17H11FN2O4S/c18-11-2-4-14-10(5-11)7-15(25-14)17(22)20-19-16(21)9-1-3-12-13(6-9)24-8-23-12/h1-7H,8H2,(H,19,21)(H,20,22). The van der Waals surface area contributed by atoms with E-state index in [9.17, 15) is 14.0 Å². The van der Waals surface area contributed by atoms with Gasteiger partial charge in [0.15, 0.2) is 11.5 Å². The van der Waals surface area contributed by atoms with Crippen LogP contribution in [0.15, 0.2) is 42.5 Å². The van der Waals surface area contributed by atoms with Crippen molar-refractivity contribution in [2.75, 3.05) is 6.79 Å². The molecule has 0 radical (unpaired) electrons. The van der Waals surface area contributed by atoms with Crippen molar-refractivity contribution in [1.29, 1.82) is 0 Å². The van der Waals surface area contributed by atoms with Crippen molar-refractivity contribution in [2.24, 2.45) is 0 Å². The molecule has 0 bridgehead atoms. The Balaban J connectivity index is 1.44. The SMILES string of the molecule is O=C(NNC(=O)c1cc2cc(F)ccc2s1)c1ccc2c(c1)OCO2. The lowest BCUT2D eigenvalue weighted by Gasteiger charge is -2.06. The van der Waals surface area contributed by atoms with Crippen molar-refractivity contribution < 1.29 is 23.5 Å². The van der Waals surface area contributed by atoms with Gasteiger partial charge in [0.2, 0.25) is 6.79 Å². The number of halogens is 1. The molecule has 0 unspecified atom stereocenters. The molecule has 25 heavy (non-hydrogen) atoms. The van der Waals surface area contributed by atoms with E-state index < -0.39 is 11.8 Å². The smallest absolute Gasteiger partial charge is 0.279 e. The number of hydrazine groups is 1. The largest absolute Gasteiger partial charge is 0.454 e. The molecular formula is C17H11FN2O4S. The maximum absolute atomic E-state index is 13.2. The van der Waals surface area contributed by atoms with Gasteiger partial charge in [0.25, 0.3) is 11.8 Å². The monoisotopic (exact) mass is 358 g/mol. The molecule has 2 aromatic carbocycles. The second-order valence-corrected chi connectivity index (χ2v) is 6.35. The summed E-state index contributed by atoms with van der Waals surface area (Å²) in [6, 6.07) is 10.6. The molecule has 1 aromatic heterocycles. The third kappa shape index (κ3) is 2.99. The maximum Gasteiger partial charge on any atom is 0.279 e. The fraction of sp³-hybridized carbons (Fsp3) is 0.0588. The highest BCUT2D eigenvalue weighted by Crippen LogP contribution is 2.32. The molecule has 0 saturated heterocycles. The number of benzene rings is 2. The first-order valence-electron chi connectivity index (χ1n) is 7.29. The molecule has 0 saturated carbocycles. The van der Waals surface area contributed by atoms with Crippen LogP contribution < -0.4 is 20.3 Å². The van der Waals surface area contributed by atoms with Gasteiger partial charge in [-0.05, 0) is 47.9 Å². The van der Waals surface area contributed by atoms with Gasteiger partial charge in [0.1, 0.15) is 5.82 Å². The molecule has 1 aliphatic rings. The Morgan fingerprint density at radius 1 is 0.960 bits per heavy atom. The Morgan fingerprint density at radius 2 is 1.76 bits per heavy atom. The normalized spacial score (nSPS) is 12.2. The van der Waals surface area contributed by atoms with Crippen LogP contribution in [0, 0.1) is 5.82 Å². The summed E-state index contributed by atoms with van der Waals surface area (Å²) in [5.41, 5.74) is 5.01. The van der Waals surface area contributed by atoms with Crippen molar-refractivity contribution >= 4 is 33.2 Å². The molecule has 0 fully saturated rings. The van der Waals surface area contributed by atoms with E-state index in [-0.39, 0.29) is 12.6 Å². The van der Waals surface area contributed by atoms with E-state index in [1.165, 1.54) is 29.5 Å². The fourth-order valence-electron chi connectivity index (χ4n) is 2.41. The van der Waals surface area contributed by atoms with Crippen LogP contribution in [0.1, 0.15) is 20.0 Å². The van der Waals surface area contributed by atoms with Crippen molar-refractivity contribution in [3.8, 4) is 11.5 Å². The lowest BCUT2D eigenvalue weighted by Crippen LogP contribution is -2.41. The first kappa shape index (κ1) is 15.4. The summed E-state index contributed by atoms with van der Waals surface area (Å²) in [6.07, 6.45) is 0. The highest BCUT2D eigenvalue weighted by atomic mass is 32.1. The molecule has 6 nitrogen and oxygen atoms in total. The third-order valence-electron chi connectivity index (χ3n) is 3.63. The fourth-order valence-corrected chi connectivity index (χ4v) is 3.35. The summed E-state index contributed by atoms with van der Waals surface area (Å²) in [4.78, 5) is 24.7. The molecule has 0 spiro atoms. The van der Waals surface area contributed by atoms with Crippen LogP contribution in [-0.4, -0.2) is 18.6 Å². The zero-order valence-corrected chi connectivity index (χ0v) is 13.5. The minimum atomic E-state index is -0.487. The zero-order chi connectivity index (χ0) is 17.4. The molecule has 2 N–H and O–H groups in total. The first-order valence-corrected chi connectivity index (χ1v) is 8.11. The number of fused-ring (bicyclic) bond motifs is 2. The average molecular weight is 358 g/mol. The predicted octanol–water partition coefficient (Wildman–Crippen LogP) is 2.84. The zero-order valence-electron chi connectivity index (χ0n) is 12.7. The number of hydrogen-bond acceptors (Lipinski definition) is 5. The molecule has 1 aliphatic heterocycles. The van der Waals surface area contributed by atoms with Gasteiger partial charge < -0.3 is 9.47 Å². The van der Waals surface area contributed by atoms with E-state index >= 15 is 0 Å². The van der Waals surface area contributed by atoms with Crippen LogP contribution >= 0.6 is 11.3 Å². The van der Waals surface area contributed by atoms with Crippen LogP contribution in [0.5, 0.6) is 11.5 Å². The minimum Gasteiger partial charge on any atom is -0.454 e. The van der Waals surface area contributed by atoms with Gasteiger partial charge in [0, 0.05) is 10.3 Å². The number of ether oxygens (including phenoxy) is 2. The number of hydrogen-bond donors (Lipinski definition) is 2. The Hall–Kier alpha value is -3.13. The quantitative estimate of drug-likeness (QED) is 0.691. The van der Waals surface area contributed by atoms with Crippen molar-refractivity contribution in [1.82, 2.24) is 10.9 Å². The van der Waals surface area contributed by atoms with Crippen LogP contribution in [0.3, 0.4) is 0 Å². The van der Waals surface area contributed by atoms with Gasteiger partial charge in [-0.3, -0.25) is 20.4 Å². The average Bonchev–Trinajstić information content (AvgIpc) is 3.24. The molecular weight excluding hydrogens is 347 g/mol. The van der Waals surface area contributed by atoms with E-state index in [4.69, 9.17) is 9.47 Å². The molecule has 4 rings (SSSR count). The van der Waals surface area contributed by atoms with E-state index in [0.717, 1.165) is 4.70 Å². The lowest BCUT2D eigenvalue weighted by atomic mass is 10.2. The molecule has 0 aliphatic carbocycles. The van der Waals surface area contributed by atoms with Gasteiger partial charge in [-0.1, -0.05) is 0 Å². The van der Waals surface area contributed by atoms with E-state index in [1.54, 1.807) is 24.3 Å². The number of amides is 2. The number of carbonyl (C=O) groups excluding carboxylic acids is 2. The summed E-state index contributed by atoms with van der Waals surface area (Å²) >= 11 is 1.21. The maximum atomic E-state index is 13.2. The number of thiophene rings is 1. The highest BCUT2D eigenvalue weighted by Gasteiger charge is 2.17. The molecule has 0 atom stereocenters. The molecule has 3 aromatic rings. The van der Waals surface area contributed by atoms with Crippen LogP contribution in [-0.2, 0) is 0 Å². The molecule has 2 heterocycles. The molecule has 8 heteroatoms. The molecule has 126 valence electrons. The summed E-state index contributed by atoms with van der Waals surface area (Å²) < 4.78 is 24.4. The van der Waals surface area contributed by atoms with Crippen LogP contribution in [0.25, 0.3) is 10.1 Å². The summed E-state index contributed by atoms with van der Waals surface area (Å²) in [5, 5.41) is 0.636. The van der Waals surface area contributed by atoms with E-state index in [1.807, 2.05) is 0 Å². The Labute approximate surface area is 145 Å². The number of carbonyl (C=O) groups is 2. The summed E-state index contributed by atoms with van der Waals surface area (Å²) in [7, 11) is 0. The van der Waals surface area contributed by atoms with Crippen molar-refractivity contribution in [3.63, 3.8) is 0 Å². The Kier molecular flexibility index (Phi) is 3.73. The van der Waals surface area contributed by atoms with Crippen LogP contribution in [0.4, 0.5) is 4.39 Å². The molecule has 2 amide bonds. The second-order valence-electron chi connectivity index (χ2n) is 5.27. The van der Waals surface area contributed by atoms with Gasteiger partial charge in [-0.15, -0.1) is 11.3 Å². The summed E-state index contributed by atoms with van der Waals surface area (Å²) in [5.74, 6) is -0.286. The number of nitrogens with one attached hydrogen (secondary N) is 2. The Bertz CT molecular complexity index is 1000. The topological polar surface area (TPSA) is 76.7 Å². The van der Waals surface area contributed by atoms with Gasteiger partial charge in [-0.2, -0.15) is 0 Å². The van der Waals surface area contributed by atoms with E-state index in [0.29, 0.717) is 27.3 Å². The van der Waals surface area contributed by atoms with Crippen molar-refractivity contribution in [2.45, 2.75) is 0 Å². The third-order valence-corrected chi connectivity index (χ3v) is 4.74. The van der Waals surface area contributed by atoms with Gasteiger partial charge in [0.05, 0.1) is 4.88 Å². The predicted molar refractivity (Wildman–Crippen MR) is 89.3 cm³/mol. The first-order chi connectivity index (χ1) is 12.1. The van der Waals surface area contributed by atoms with Gasteiger partial charge >= 0.3 is 0 Å². The highest BCUT2D eigenvalue weighted by molar-refractivity contribution is 7.20. The number of rotatable bonds is 2. The minimum absolute atomic E-state index is 0.115. The van der Waals surface area contributed by atoms with Crippen molar-refractivity contribution in [3.05, 3.63) is 58.7 Å². The van der Waals surface area contributed by atoms with Gasteiger partial charge in [-0.25, -0.2) is 4.39 Å². The van der Waals surface area contributed by atoms with Crippen LogP contribution in [0.2, 0.25) is 0 Å². The summed E-state index contributed by atoms with van der Waals surface area (Å²) in [6.45, 7) is 0.115. The lowest BCUT2D eigenvalue weighted by molar-refractivity contribution is 0.0849. The van der Waals surface area contributed by atoms with E-state index in [2.05, 4.69) is 10.9 Å².